The molecule has 0 N–H and O–H groups in total. The van der Waals surface area contributed by atoms with Crippen LogP contribution in [0.2, 0.25) is 0 Å². The zero-order valence-corrected chi connectivity index (χ0v) is 7.19. The van der Waals surface area contributed by atoms with E-state index in [1.807, 2.05) is 0 Å². The molecule has 1 saturated heterocycles. The van der Waals surface area contributed by atoms with Crippen molar-refractivity contribution in [2.24, 2.45) is 0 Å². The molecule has 0 aromatic carbocycles. The summed E-state index contributed by atoms with van der Waals surface area (Å²) >= 11 is 3.07. The molecular formula is C6H10BrFO2. The van der Waals surface area contributed by atoms with E-state index in [-0.39, 0.29) is 18.5 Å². The van der Waals surface area contributed by atoms with Gasteiger partial charge in [-0.15, -0.1) is 0 Å². The lowest BCUT2D eigenvalue weighted by molar-refractivity contribution is 0.0335. The summed E-state index contributed by atoms with van der Waals surface area (Å²) in [6.45, 7) is 1.27. The Hall–Kier alpha value is 0.330. The summed E-state index contributed by atoms with van der Waals surface area (Å²) in [5.74, 6) is 0. The third-order valence-corrected chi connectivity index (χ3v) is 2.34. The van der Waals surface area contributed by atoms with Crippen molar-refractivity contribution >= 4 is 15.9 Å². The second-order valence-electron chi connectivity index (χ2n) is 2.39. The van der Waals surface area contributed by atoms with E-state index in [0.717, 1.165) is 0 Å². The summed E-state index contributed by atoms with van der Waals surface area (Å²) < 4.78 is 23.2. The number of rotatable bonds is 1. The molecule has 4 heteroatoms. The van der Waals surface area contributed by atoms with Crippen LogP contribution in [0.3, 0.4) is 0 Å². The molecule has 0 unspecified atom stereocenters. The molecule has 0 aromatic heterocycles. The highest BCUT2D eigenvalue weighted by molar-refractivity contribution is 9.09. The highest BCUT2D eigenvalue weighted by atomic mass is 79.9. The van der Waals surface area contributed by atoms with Crippen LogP contribution in [-0.2, 0) is 9.47 Å². The molecule has 2 nitrogen and oxygen atoms in total. The molecule has 60 valence electrons. The van der Waals surface area contributed by atoms with Crippen LogP contribution in [0.15, 0.2) is 0 Å². The second-order valence-corrected chi connectivity index (χ2v) is 2.95. The van der Waals surface area contributed by atoms with Crippen molar-refractivity contribution in [1.29, 1.82) is 0 Å². The normalized spacial score (nSPS) is 25.8. The van der Waals surface area contributed by atoms with Crippen LogP contribution in [0.4, 0.5) is 4.39 Å². The fraction of sp³-hybridized carbons (Fsp3) is 1.00. The molecule has 0 radical (unpaired) electrons. The largest absolute Gasteiger partial charge is 0.376 e. The first-order chi connectivity index (χ1) is 4.77. The Balaban J connectivity index is 2.41. The monoisotopic (exact) mass is 212 g/mol. The molecule has 1 rings (SSSR count). The molecular weight excluding hydrogens is 203 g/mol. The third kappa shape index (κ3) is 2.18. The summed E-state index contributed by atoms with van der Waals surface area (Å²) in [6, 6.07) is 0. The van der Waals surface area contributed by atoms with Crippen LogP contribution in [0.5, 0.6) is 0 Å². The molecule has 1 fully saturated rings. The predicted molar refractivity (Wildman–Crippen MR) is 39.3 cm³/mol. The average molecular weight is 213 g/mol. The van der Waals surface area contributed by atoms with Crippen LogP contribution in [0, 0.1) is 0 Å². The van der Waals surface area contributed by atoms with Crippen molar-refractivity contribution in [2.75, 3.05) is 31.8 Å². The summed E-state index contributed by atoms with van der Waals surface area (Å²) in [5.41, 5.74) is -1.32. The van der Waals surface area contributed by atoms with Gasteiger partial charge in [0.2, 0.25) is 0 Å². The predicted octanol–water partition coefficient (Wildman–Crippen LogP) is 1.14. The summed E-state index contributed by atoms with van der Waals surface area (Å²) in [6.07, 6.45) is 0. The fourth-order valence-corrected chi connectivity index (χ4v) is 1.07. The van der Waals surface area contributed by atoms with E-state index in [2.05, 4.69) is 15.9 Å². The molecule has 0 spiro atoms. The maximum absolute atomic E-state index is 13.3. The Labute approximate surface area is 67.8 Å². The number of ether oxygens (including phenoxy) is 2. The number of hydrogen-bond donors (Lipinski definition) is 0. The van der Waals surface area contributed by atoms with Gasteiger partial charge in [0.05, 0.1) is 26.4 Å². The lowest BCUT2D eigenvalue weighted by atomic mass is 10.2. The molecule has 0 atom stereocenters. The van der Waals surface area contributed by atoms with E-state index in [0.29, 0.717) is 13.2 Å². The Morgan fingerprint density at radius 2 is 1.80 bits per heavy atom. The van der Waals surface area contributed by atoms with Gasteiger partial charge in [-0.25, -0.2) is 4.39 Å². The minimum Gasteiger partial charge on any atom is -0.376 e. The Morgan fingerprint density at radius 1 is 1.30 bits per heavy atom. The summed E-state index contributed by atoms with van der Waals surface area (Å²) in [4.78, 5) is 0. The highest BCUT2D eigenvalue weighted by Crippen LogP contribution is 2.17. The molecule has 0 bridgehead atoms. The molecule has 1 heterocycles. The molecule has 0 amide bonds. The SMILES string of the molecule is FC1(CBr)COCCOC1. The van der Waals surface area contributed by atoms with Gasteiger partial charge in [0.25, 0.3) is 0 Å². The van der Waals surface area contributed by atoms with Gasteiger partial charge in [-0.1, -0.05) is 15.9 Å². The Morgan fingerprint density at radius 3 is 2.20 bits per heavy atom. The number of hydrogen-bond acceptors (Lipinski definition) is 2. The van der Waals surface area contributed by atoms with Gasteiger partial charge in [0.1, 0.15) is 0 Å². The van der Waals surface area contributed by atoms with Crippen LogP contribution in [0.25, 0.3) is 0 Å². The second kappa shape index (κ2) is 3.64. The van der Waals surface area contributed by atoms with Gasteiger partial charge in [0.15, 0.2) is 5.67 Å². The zero-order valence-electron chi connectivity index (χ0n) is 5.61. The van der Waals surface area contributed by atoms with Crippen LogP contribution in [-0.4, -0.2) is 37.4 Å². The maximum atomic E-state index is 13.3. The van der Waals surface area contributed by atoms with Crippen LogP contribution in [0.1, 0.15) is 0 Å². The molecule has 1 aliphatic heterocycles. The Kier molecular flexibility index (Phi) is 3.07. The van der Waals surface area contributed by atoms with Crippen molar-refractivity contribution in [3.63, 3.8) is 0 Å². The highest BCUT2D eigenvalue weighted by Gasteiger charge is 2.30. The van der Waals surface area contributed by atoms with Crippen molar-refractivity contribution in [3.05, 3.63) is 0 Å². The number of alkyl halides is 2. The quantitative estimate of drug-likeness (QED) is 0.608. The van der Waals surface area contributed by atoms with Gasteiger partial charge in [-0.05, 0) is 0 Å². The first-order valence-electron chi connectivity index (χ1n) is 3.17. The van der Waals surface area contributed by atoms with Crippen molar-refractivity contribution < 1.29 is 13.9 Å². The molecule has 0 saturated carbocycles. The van der Waals surface area contributed by atoms with E-state index in [4.69, 9.17) is 9.47 Å². The standard InChI is InChI=1S/C6H10BrFO2/c7-3-6(8)4-9-1-2-10-5-6/h1-5H2. The smallest absolute Gasteiger partial charge is 0.166 e. The molecule has 10 heavy (non-hydrogen) atoms. The first-order valence-corrected chi connectivity index (χ1v) is 4.29. The van der Waals surface area contributed by atoms with Crippen LogP contribution < -0.4 is 0 Å². The van der Waals surface area contributed by atoms with E-state index >= 15 is 0 Å². The van der Waals surface area contributed by atoms with Gasteiger partial charge >= 0.3 is 0 Å². The maximum Gasteiger partial charge on any atom is 0.166 e. The lowest BCUT2D eigenvalue weighted by Crippen LogP contribution is -2.34. The third-order valence-electron chi connectivity index (χ3n) is 1.33. The van der Waals surface area contributed by atoms with Crippen LogP contribution >= 0.6 is 15.9 Å². The topological polar surface area (TPSA) is 18.5 Å². The first kappa shape index (κ1) is 8.43. The van der Waals surface area contributed by atoms with E-state index < -0.39 is 5.67 Å². The van der Waals surface area contributed by atoms with Crippen molar-refractivity contribution in [3.8, 4) is 0 Å². The molecule has 0 aliphatic carbocycles. The lowest BCUT2D eigenvalue weighted by Gasteiger charge is -2.18. The van der Waals surface area contributed by atoms with E-state index in [1.165, 1.54) is 0 Å². The van der Waals surface area contributed by atoms with Gasteiger partial charge in [-0.2, -0.15) is 0 Å². The molecule has 1 aliphatic rings. The molecule has 0 aromatic rings. The minimum absolute atomic E-state index is 0.137. The van der Waals surface area contributed by atoms with Crippen molar-refractivity contribution in [1.82, 2.24) is 0 Å². The fourth-order valence-electron chi connectivity index (χ4n) is 0.747. The summed E-state index contributed by atoms with van der Waals surface area (Å²) in [7, 11) is 0. The van der Waals surface area contributed by atoms with E-state index in [1.54, 1.807) is 0 Å². The van der Waals surface area contributed by atoms with Crippen molar-refractivity contribution in [2.45, 2.75) is 5.67 Å². The summed E-state index contributed by atoms with van der Waals surface area (Å²) in [5, 5.41) is 0.278. The van der Waals surface area contributed by atoms with E-state index in [9.17, 15) is 4.39 Å². The minimum atomic E-state index is -1.32. The number of halogens is 2. The van der Waals surface area contributed by atoms with Gasteiger partial charge in [0, 0.05) is 5.33 Å². The van der Waals surface area contributed by atoms with Gasteiger partial charge < -0.3 is 9.47 Å². The zero-order chi connectivity index (χ0) is 7.45. The average Bonchev–Trinajstić information content (AvgIpc) is 2.15. The van der Waals surface area contributed by atoms with Gasteiger partial charge in [-0.3, -0.25) is 0 Å². The Bertz CT molecular complexity index is 102.